The third kappa shape index (κ3) is 2.92. The molecule has 0 aliphatic heterocycles. The monoisotopic (exact) mass is 274 g/mol. The van der Waals surface area contributed by atoms with Gasteiger partial charge in [-0.1, -0.05) is 0 Å². The van der Waals surface area contributed by atoms with Crippen molar-refractivity contribution in [3.63, 3.8) is 0 Å². The topological polar surface area (TPSA) is 92.4 Å². The molecule has 0 saturated heterocycles. The Morgan fingerprint density at radius 1 is 1.05 bits per heavy atom. The molecule has 6 heteroatoms. The van der Waals surface area contributed by atoms with Crippen LogP contribution in [0.25, 0.3) is 0 Å². The van der Waals surface area contributed by atoms with Crippen molar-refractivity contribution in [2.45, 2.75) is 0 Å². The highest BCUT2D eigenvalue weighted by Crippen LogP contribution is 2.17. The fraction of sp³-hybridized carbons (Fsp3) is 0. The van der Waals surface area contributed by atoms with Crippen molar-refractivity contribution in [2.24, 2.45) is 0 Å². The lowest BCUT2D eigenvalue weighted by molar-refractivity contribution is 0.0696. The Bertz CT molecular complexity index is 669. The molecule has 0 fully saturated rings. The molecule has 0 spiro atoms. The van der Waals surface area contributed by atoms with E-state index in [4.69, 9.17) is 10.8 Å². The first-order valence-corrected chi connectivity index (χ1v) is 5.67. The molecule has 2 aromatic carbocycles. The zero-order valence-electron chi connectivity index (χ0n) is 10.3. The summed E-state index contributed by atoms with van der Waals surface area (Å²) in [7, 11) is 0. The molecule has 0 unspecified atom stereocenters. The van der Waals surface area contributed by atoms with Gasteiger partial charge in [0.05, 0.1) is 11.3 Å². The van der Waals surface area contributed by atoms with Crippen LogP contribution in [0.2, 0.25) is 0 Å². The zero-order valence-corrected chi connectivity index (χ0v) is 10.3. The minimum Gasteiger partial charge on any atom is -0.478 e. The summed E-state index contributed by atoms with van der Waals surface area (Å²) in [6, 6.07) is 9.39. The number of aromatic carboxylic acids is 1. The second-order valence-corrected chi connectivity index (χ2v) is 4.08. The lowest BCUT2D eigenvalue weighted by atomic mass is 10.1. The van der Waals surface area contributed by atoms with Crippen LogP contribution in [0.3, 0.4) is 0 Å². The Morgan fingerprint density at radius 3 is 2.20 bits per heavy atom. The van der Waals surface area contributed by atoms with Crippen molar-refractivity contribution in [1.82, 2.24) is 0 Å². The number of anilines is 2. The average Bonchev–Trinajstić information content (AvgIpc) is 2.41. The molecule has 0 aliphatic carbocycles. The van der Waals surface area contributed by atoms with Gasteiger partial charge >= 0.3 is 5.97 Å². The molecule has 0 radical (unpaired) electrons. The van der Waals surface area contributed by atoms with Crippen molar-refractivity contribution in [3.05, 3.63) is 59.4 Å². The van der Waals surface area contributed by atoms with Crippen LogP contribution in [0.15, 0.2) is 42.5 Å². The summed E-state index contributed by atoms with van der Waals surface area (Å²) in [6.07, 6.45) is 0. The lowest BCUT2D eigenvalue weighted by Gasteiger charge is -2.07. The second-order valence-electron chi connectivity index (χ2n) is 4.08. The normalized spacial score (nSPS) is 10.1. The molecule has 0 atom stereocenters. The summed E-state index contributed by atoms with van der Waals surface area (Å²) in [5.41, 5.74) is 6.06. The molecule has 0 heterocycles. The molecule has 2 aromatic rings. The molecule has 0 bridgehead atoms. The molecular formula is C14H11FN2O3. The number of nitrogen functional groups attached to an aromatic ring is 1. The first-order valence-electron chi connectivity index (χ1n) is 5.67. The molecule has 0 aromatic heterocycles. The highest BCUT2D eigenvalue weighted by atomic mass is 19.1. The Morgan fingerprint density at radius 2 is 1.65 bits per heavy atom. The van der Waals surface area contributed by atoms with Crippen LogP contribution in [0.4, 0.5) is 15.8 Å². The van der Waals surface area contributed by atoms with E-state index in [0.29, 0.717) is 11.3 Å². The zero-order chi connectivity index (χ0) is 14.7. The maximum absolute atomic E-state index is 13.7. The van der Waals surface area contributed by atoms with Gasteiger partial charge in [0, 0.05) is 11.3 Å². The number of benzene rings is 2. The summed E-state index contributed by atoms with van der Waals surface area (Å²) in [6.45, 7) is 0. The first kappa shape index (κ1) is 13.5. The number of rotatable bonds is 3. The summed E-state index contributed by atoms with van der Waals surface area (Å²) in [4.78, 5) is 22.5. The number of carbonyl (C=O) groups excluding carboxylic acids is 1. The average molecular weight is 274 g/mol. The van der Waals surface area contributed by atoms with Gasteiger partial charge in [-0.25, -0.2) is 9.18 Å². The van der Waals surface area contributed by atoms with Crippen molar-refractivity contribution in [3.8, 4) is 0 Å². The summed E-state index contributed by atoms with van der Waals surface area (Å²) in [5, 5.41) is 11.1. The number of nitrogens with two attached hydrogens (primary N) is 1. The lowest BCUT2D eigenvalue weighted by Crippen LogP contribution is -2.13. The van der Waals surface area contributed by atoms with Gasteiger partial charge in [0.25, 0.3) is 5.91 Å². The van der Waals surface area contributed by atoms with Gasteiger partial charge in [-0.05, 0) is 42.5 Å². The molecule has 5 nitrogen and oxygen atoms in total. The predicted octanol–water partition coefficient (Wildman–Crippen LogP) is 2.36. The highest BCUT2D eigenvalue weighted by molar-refractivity contribution is 6.04. The Balaban J connectivity index is 2.19. The van der Waals surface area contributed by atoms with Crippen molar-refractivity contribution in [1.29, 1.82) is 0 Å². The van der Waals surface area contributed by atoms with E-state index >= 15 is 0 Å². The third-order valence-electron chi connectivity index (χ3n) is 2.64. The summed E-state index contributed by atoms with van der Waals surface area (Å²) >= 11 is 0. The standard InChI is InChI=1S/C14H11FN2O3/c15-11-7-9(14(19)20)3-6-12(11)17-13(18)8-1-4-10(16)5-2-8/h1-7H,16H2,(H,17,18)(H,19,20). The van der Waals surface area contributed by atoms with E-state index in [0.717, 1.165) is 6.07 Å². The largest absolute Gasteiger partial charge is 0.478 e. The maximum atomic E-state index is 13.7. The number of carboxylic acid groups (broad SMARTS) is 1. The van der Waals surface area contributed by atoms with Crippen molar-refractivity contribution in [2.75, 3.05) is 11.1 Å². The number of carboxylic acids is 1. The van der Waals surface area contributed by atoms with E-state index in [-0.39, 0.29) is 11.3 Å². The molecule has 0 aliphatic rings. The van der Waals surface area contributed by atoms with E-state index in [1.165, 1.54) is 24.3 Å². The van der Waals surface area contributed by atoms with Gasteiger partial charge in [0.2, 0.25) is 0 Å². The van der Waals surface area contributed by atoms with Crippen LogP contribution in [0.1, 0.15) is 20.7 Å². The number of hydrogen-bond donors (Lipinski definition) is 3. The highest BCUT2D eigenvalue weighted by Gasteiger charge is 2.11. The molecule has 102 valence electrons. The third-order valence-corrected chi connectivity index (χ3v) is 2.64. The molecule has 20 heavy (non-hydrogen) atoms. The molecule has 2 rings (SSSR count). The SMILES string of the molecule is Nc1ccc(C(=O)Nc2ccc(C(=O)O)cc2F)cc1. The molecule has 1 amide bonds. The number of nitrogens with one attached hydrogen (secondary N) is 1. The molecular weight excluding hydrogens is 263 g/mol. The van der Waals surface area contributed by atoms with Gasteiger partial charge in [-0.15, -0.1) is 0 Å². The molecule has 4 N–H and O–H groups in total. The number of hydrogen-bond acceptors (Lipinski definition) is 3. The van der Waals surface area contributed by atoms with Crippen LogP contribution in [-0.2, 0) is 0 Å². The van der Waals surface area contributed by atoms with Crippen LogP contribution in [0, 0.1) is 5.82 Å². The second kappa shape index (κ2) is 5.40. The van der Waals surface area contributed by atoms with E-state index in [1.807, 2.05) is 0 Å². The number of amides is 1. The fourth-order valence-electron chi connectivity index (χ4n) is 1.58. The molecule has 0 saturated carbocycles. The van der Waals surface area contributed by atoms with Crippen LogP contribution < -0.4 is 11.1 Å². The minimum atomic E-state index is -1.24. The smallest absolute Gasteiger partial charge is 0.335 e. The van der Waals surface area contributed by atoms with Crippen LogP contribution in [-0.4, -0.2) is 17.0 Å². The first-order chi connectivity index (χ1) is 9.47. The van der Waals surface area contributed by atoms with Gasteiger partial charge in [0.15, 0.2) is 0 Å². The fourth-order valence-corrected chi connectivity index (χ4v) is 1.58. The van der Waals surface area contributed by atoms with E-state index in [9.17, 15) is 14.0 Å². The van der Waals surface area contributed by atoms with Gasteiger partial charge < -0.3 is 16.2 Å². The van der Waals surface area contributed by atoms with Crippen LogP contribution in [0.5, 0.6) is 0 Å². The van der Waals surface area contributed by atoms with Gasteiger partial charge in [0.1, 0.15) is 5.82 Å². The predicted molar refractivity (Wildman–Crippen MR) is 72.2 cm³/mol. The van der Waals surface area contributed by atoms with Crippen molar-refractivity contribution >= 4 is 23.3 Å². The van der Waals surface area contributed by atoms with E-state index in [1.54, 1.807) is 12.1 Å². The van der Waals surface area contributed by atoms with E-state index in [2.05, 4.69) is 5.32 Å². The summed E-state index contributed by atoms with van der Waals surface area (Å²) in [5.74, 6) is -2.55. The Kier molecular flexibility index (Phi) is 3.65. The summed E-state index contributed by atoms with van der Waals surface area (Å²) < 4.78 is 13.7. The quantitative estimate of drug-likeness (QED) is 0.749. The van der Waals surface area contributed by atoms with Crippen molar-refractivity contribution < 1.29 is 19.1 Å². The minimum absolute atomic E-state index is 0.0863. The number of halogens is 1. The van der Waals surface area contributed by atoms with Crippen LogP contribution >= 0.6 is 0 Å². The number of carbonyl (C=O) groups is 2. The van der Waals surface area contributed by atoms with E-state index < -0.39 is 17.7 Å². The van der Waals surface area contributed by atoms with Gasteiger partial charge in [-0.3, -0.25) is 4.79 Å². The maximum Gasteiger partial charge on any atom is 0.335 e. The Hall–Kier alpha value is -2.89. The van der Waals surface area contributed by atoms with Gasteiger partial charge in [-0.2, -0.15) is 0 Å². The Labute approximate surface area is 113 Å².